The summed E-state index contributed by atoms with van der Waals surface area (Å²) in [4.78, 5) is 0. The number of rotatable bonds is 2. The third-order valence-electron chi connectivity index (χ3n) is 7.64. The van der Waals surface area contributed by atoms with Gasteiger partial charge in [0, 0.05) is 15.2 Å². The molecule has 0 radical (unpaired) electrons. The van der Waals surface area contributed by atoms with E-state index in [0.717, 1.165) is 42.7 Å². The molecule has 0 amide bonds. The molecule has 204 valence electrons. The van der Waals surface area contributed by atoms with Gasteiger partial charge in [-0.25, -0.2) is 0 Å². The molecule has 0 aliphatic heterocycles. The molecule has 4 N–H and O–H groups in total. The van der Waals surface area contributed by atoms with Crippen LogP contribution in [0.5, 0.6) is 0 Å². The van der Waals surface area contributed by atoms with Crippen molar-refractivity contribution in [2.75, 3.05) is 11.5 Å². The summed E-state index contributed by atoms with van der Waals surface area (Å²) in [6.07, 6.45) is 0. The Morgan fingerprint density at radius 3 is 1.63 bits per heavy atom. The van der Waals surface area contributed by atoms with Gasteiger partial charge in [0.2, 0.25) is 0 Å². The molecule has 7 aromatic carbocycles. The van der Waals surface area contributed by atoms with Crippen LogP contribution >= 0.6 is 15.9 Å². The van der Waals surface area contributed by atoms with Gasteiger partial charge in [-0.15, -0.1) is 0 Å². The van der Waals surface area contributed by atoms with Crippen molar-refractivity contribution >= 4 is 59.6 Å². The second-order valence-corrected chi connectivity index (χ2v) is 11.0. The van der Waals surface area contributed by atoms with Crippen molar-refractivity contribution < 1.29 is 0 Å². The number of benzene rings is 7. The van der Waals surface area contributed by atoms with Gasteiger partial charge < -0.3 is 11.5 Å². The van der Waals surface area contributed by atoms with Gasteiger partial charge in [-0.3, -0.25) is 0 Å². The number of hydrogen-bond donors (Lipinski definition) is 2. The fourth-order valence-corrected chi connectivity index (χ4v) is 6.08. The number of halogens is 1. The number of nitrogen functional groups attached to an aromatic ring is 2. The normalized spacial score (nSPS) is 10.6. The lowest BCUT2D eigenvalue weighted by Gasteiger charge is -2.13. The molecule has 0 unspecified atom stereocenters. The smallest absolute Gasteiger partial charge is 0.101 e. The van der Waals surface area contributed by atoms with Gasteiger partial charge in [0.1, 0.15) is 12.1 Å². The van der Waals surface area contributed by atoms with E-state index < -0.39 is 0 Å². The third kappa shape index (κ3) is 5.15. The van der Waals surface area contributed by atoms with E-state index in [-0.39, 0.29) is 0 Å². The zero-order chi connectivity index (χ0) is 29.9. The van der Waals surface area contributed by atoms with E-state index in [1.807, 2.05) is 48.5 Å². The Kier molecular flexibility index (Phi) is 7.50. The number of nitriles is 2. The first-order valence-electron chi connectivity index (χ1n) is 13.7. The fraction of sp³-hybridized carbons (Fsp3) is 0. The van der Waals surface area contributed by atoms with Crippen LogP contribution in [0.15, 0.2) is 132 Å². The van der Waals surface area contributed by atoms with E-state index in [0.29, 0.717) is 22.5 Å². The highest BCUT2D eigenvalue weighted by molar-refractivity contribution is 9.10. The van der Waals surface area contributed by atoms with Crippen LogP contribution in [-0.4, -0.2) is 0 Å². The van der Waals surface area contributed by atoms with E-state index >= 15 is 0 Å². The van der Waals surface area contributed by atoms with Crippen LogP contribution in [0, 0.1) is 22.7 Å². The quantitative estimate of drug-likeness (QED) is 0.189. The van der Waals surface area contributed by atoms with Gasteiger partial charge in [-0.1, -0.05) is 125 Å². The van der Waals surface area contributed by atoms with Crippen LogP contribution in [0.1, 0.15) is 11.1 Å². The number of nitrogens with two attached hydrogens (primary N) is 2. The summed E-state index contributed by atoms with van der Waals surface area (Å²) in [7, 11) is 0. The van der Waals surface area contributed by atoms with Crippen molar-refractivity contribution in [1.82, 2.24) is 0 Å². The standard InChI is InChI=1S/C27H18N2.C11H7BrN2/c28-17-21-16-26(24-12-3-4-13-25(24)27(21)29)20-10-5-9-19(15-20)23-14-6-8-18-7-1-2-11-22(18)23;12-10-5-7(6-13)11(14)9-4-2-1-3-8(9)10/h1-16H,29H2;1-5H,14H2. The Balaban J connectivity index is 0.000000197. The monoisotopic (exact) mass is 616 g/mol. The zero-order valence-corrected chi connectivity index (χ0v) is 24.6. The van der Waals surface area contributed by atoms with Crippen molar-refractivity contribution in [3.8, 4) is 34.4 Å². The Morgan fingerprint density at radius 2 is 0.953 bits per heavy atom. The largest absolute Gasteiger partial charge is 0.397 e. The Morgan fingerprint density at radius 1 is 0.465 bits per heavy atom. The lowest BCUT2D eigenvalue weighted by molar-refractivity contribution is 1.49. The topological polar surface area (TPSA) is 99.6 Å². The van der Waals surface area contributed by atoms with Gasteiger partial charge in [0.15, 0.2) is 0 Å². The molecule has 0 spiro atoms. The predicted molar refractivity (Wildman–Crippen MR) is 182 cm³/mol. The summed E-state index contributed by atoms with van der Waals surface area (Å²) in [5.41, 5.74) is 18.6. The first kappa shape index (κ1) is 27.5. The predicted octanol–water partition coefficient (Wildman–Crippen LogP) is 9.84. The average molecular weight is 618 g/mol. The summed E-state index contributed by atoms with van der Waals surface area (Å²) in [6, 6.07) is 47.0. The van der Waals surface area contributed by atoms with E-state index in [1.54, 1.807) is 6.07 Å². The van der Waals surface area contributed by atoms with Crippen LogP contribution in [0.4, 0.5) is 11.4 Å². The van der Waals surface area contributed by atoms with E-state index in [4.69, 9.17) is 16.7 Å². The maximum absolute atomic E-state index is 9.57. The molecule has 0 fully saturated rings. The molecule has 0 aliphatic rings. The number of anilines is 2. The van der Waals surface area contributed by atoms with Gasteiger partial charge in [0.25, 0.3) is 0 Å². The number of nitrogens with zero attached hydrogens (tertiary/aromatic N) is 2. The molecule has 7 aromatic rings. The second-order valence-electron chi connectivity index (χ2n) is 10.1. The van der Waals surface area contributed by atoms with Crippen molar-refractivity contribution in [3.63, 3.8) is 0 Å². The highest BCUT2D eigenvalue weighted by atomic mass is 79.9. The fourth-order valence-electron chi connectivity index (χ4n) is 5.51. The van der Waals surface area contributed by atoms with E-state index in [9.17, 15) is 5.26 Å². The summed E-state index contributed by atoms with van der Waals surface area (Å²) < 4.78 is 0.902. The molecular formula is C38H25BrN4. The molecule has 0 bridgehead atoms. The Hall–Kier alpha value is -5.62. The highest BCUT2D eigenvalue weighted by Crippen LogP contribution is 2.37. The zero-order valence-electron chi connectivity index (χ0n) is 23.1. The van der Waals surface area contributed by atoms with Gasteiger partial charge in [-0.2, -0.15) is 10.5 Å². The molecule has 0 aliphatic carbocycles. The molecular weight excluding hydrogens is 592 g/mol. The minimum Gasteiger partial charge on any atom is -0.397 e. The number of hydrogen-bond acceptors (Lipinski definition) is 4. The van der Waals surface area contributed by atoms with Crippen LogP contribution in [-0.2, 0) is 0 Å². The van der Waals surface area contributed by atoms with Crippen molar-refractivity contribution in [1.29, 1.82) is 10.5 Å². The Labute approximate surface area is 258 Å². The minimum absolute atomic E-state index is 0.509. The van der Waals surface area contributed by atoms with Crippen molar-refractivity contribution in [2.24, 2.45) is 0 Å². The second kappa shape index (κ2) is 11.7. The van der Waals surface area contributed by atoms with Crippen LogP contribution in [0.3, 0.4) is 0 Å². The molecule has 5 heteroatoms. The van der Waals surface area contributed by atoms with Crippen molar-refractivity contribution in [2.45, 2.75) is 0 Å². The summed E-state index contributed by atoms with van der Waals surface area (Å²) >= 11 is 3.42. The summed E-state index contributed by atoms with van der Waals surface area (Å²) in [5, 5.41) is 24.8. The molecule has 0 heterocycles. The molecule has 0 saturated heterocycles. The molecule has 0 aromatic heterocycles. The van der Waals surface area contributed by atoms with Gasteiger partial charge >= 0.3 is 0 Å². The first-order chi connectivity index (χ1) is 21.0. The van der Waals surface area contributed by atoms with Crippen LogP contribution < -0.4 is 11.5 Å². The molecule has 43 heavy (non-hydrogen) atoms. The molecule has 4 nitrogen and oxygen atoms in total. The number of fused-ring (bicyclic) bond motifs is 3. The van der Waals surface area contributed by atoms with Gasteiger partial charge in [-0.05, 0) is 62.0 Å². The summed E-state index contributed by atoms with van der Waals surface area (Å²) in [6.45, 7) is 0. The molecule has 0 atom stereocenters. The SMILES string of the molecule is N#Cc1cc(-c2cccc(-c3cccc4ccccc34)c2)c2ccccc2c1N.N#Cc1cc(Br)c2ccccc2c1N. The highest BCUT2D eigenvalue weighted by Gasteiger charge is 2.12. The average Bonchev–Trinajstić information content (AvgIpc) is 3.07. The van der Waals surface area contributed by atoms with E-state index in [1.165, 1.54) is 16.3 Å². The lowest BCUT2D eigenvalue weighted by atomic mass is 9.91. The first-order valence-corrected chi connectivity index (χ1v) is 14.5. The lowest BCUT2D eigenvalue weighted by Crippen LogP contribution is -1.94. The molecule has 7 rings (SSSR count). The van der Waals surface area contributed by atoms with Crippen molar-refractivity contribution in [3.05, 3.63) is 143 Å². The molecule has 0 saturated carbocycles. The maximum Gasteiger partial charge on any atom is 0.101 e. The minimum atomic E-state index is 0.509. The Bertz CT molecular complexity index is 2250. The van der Waals surface area contributed by atoms with Crippen LogP contribution in [0.25, 0.3) is 54.6 Å². The third-order valence-corrected chi connectivity index (χ3v) is 8.29. The van der Waals surface area contributed by atoms with Gasteiger partial charge in [0.05, 0.1) is 22.5 Å². The van der Waals surface area contributed by atoms with Crippen LogP contribution in [0.2, 0.25) is 0 Å². The van der Waals surface area contributed by atoms with E-state index in [2.05, 4.69) is 101 Å². The summed E-state index contributed by atoms with van der Waals surface area (Å²) in [5.74, 6) is 0. The maximum atomic E-state index is 9.57.